The first-order valence-electron chi connectivity index (χ1n) is 5.95. The number of benzene rings is 1. The largest absolute Gasteiger partial charge is 0.497 e. The van der Waals surface area contributed by atoms with Gasteiger partial charge in [-0.1, -0.05) is 0 Å². The van der Waals surface area contributed by atoms with E-state index in [9.17, 15) is 9.59 Å². The predicted molar refractivity (Wildman–Crippen MR) is 71.2 cm³/mol. The average Bonchev–Trinajstić information content (AvgIpc) is 2.39. The van der Waals surface area contributed by atoms with Crippen molar-refractivity contribution < 1.29 is 19.1 Å². The van der Waals surface area contributed by atoms with Crippen LogP contribution in [0.5, 0.6) is 5.75 Å². The van der Waals surface area contributed by atoms with E-state index in [1.54, 1.807) is 45.2 Å². The van der Waals surface area contributed by atoms with Crippen LogP contribution < -0.4 is 15.4 Å². The molecule has 0 aliphatic carbocycles. The third kappa shape index (κ3) is 4.87. The standard InChI is InChI=1S/C13H18N2O4/c1-4-19-12(16)9(2)14-13(17)15-10-5-7-11(18-3)8-6-10/h5-9H,4H2,1-3H3,(H2,14,15,17). The highest BCUT2D eigenvalue weighted by atomic mass is 16.5. The van der Waals surface area contributed by atoms with E-state index in [1.807, 2.05) is 0 Å². The Morgan fingerprint density at radius 2 is 1.89 bits per heavy atom. The van der Waals surface area contributed by atoms with Crippen molar-refractivity contribution in [1.29, 1.82) is 0 Å². The molecule has 0 heterocycles. The molecular weight excluding hydrogens is 248 g/mol. The number of amides is 2. The molecule has 2 N–H and O–H groups in total. The van der Waals surface area contributed by atoms with Crippen LogP contribution in [0.2, 0.25) is 0 Å². The summed E-state index contributed by atoms with van der Waals surface area (Å²) in [5, 5.41) is 5.09. The predicted octanol–water partition coefficient (Wildman–Crippen LogP) is 1.77. The second-order valence-electron chi connectivity index (χ2n) is 3.80. The number of urea groups is 1. The number of hydrogen-bond donors (Lipinski definition) is 2. The van der Waals surface area contributed by atoms with E-state index < -0.39 is 18.0 Å². The third-order valence-electron chi connectivity index (χ3n) is 2.34. The molecule has 1 aromatic rings. The summed E-state index contributed by atoms with van der Waals surface area (Å²) in [5.74, 6) is 0.234. The highest BCUT2D eigenvalue weighted by Crippen LogP contribution is 2.14. The van der Waals surface area contributed by atoms with Gasteiger partial charge in [-0.3, -0.25) is 0 Å². The molecule has 6 heteroatoms. The minimum atomic E-state index is -0.696. The van der Waals surface area contributed by atoms with E-state index in [-0.39, 0.29) is 6.61 Å². The third-order valence-corrected chi connectivity index (χ3v) is 2.34. The molecule has 0 radical (unpaired) electrons. The van der Waals surface area contributed by atoms with Crippen molar-refractivity contribution in [2.45, 2.75) is 19.9 Å². The van der Waals surface area contributed by atoms with Crippen molar-refractivity contribution in [3.8, 4) is 5.75 Å². The van der Waals surface area contributed by atoms with Crippen LogP contribution in [-0.4, -0.2) is 31.8 Å². The van der Waals surface area contributed by atoms with E-state index in [1.165, 1.54) is 0 Å². The van der Waals surface area contributed by atoms with Gasteiger partial charge in [-0.15, -0.1) is 0 Å². The summed E-state index contributed by atoms with van der Waals surface area (Å²) in [5.41, 5.74) is 0.606. The molecule has 0 fully saturated rings. The summed E-state index contributed by atoms with van der Waals surface area (Å²) < 4.78 is 9.79. The zero-order valence-corrected chi connectivity index (χ0v) is 11.2. The fraction of sp³-hybridized carbons (Fsp3) is 0.385. The number of methoxy groups -OCH3 is 1. The molecule has 0 spiro atoms. The van der Waals surface area contributed by atoms with Gasteiger partial charge in [0.25, 0.3) is 0 Å². The van der Waals surface area contributed by atoms with Crippen molar-refractivity contribution in [3.63, 3.8) is 0 Å². The van der Waals surface area contributed by atoms with E-state index in [0.717, 1.165) is 0 Å². The Labute approximate surface area is 112 Å². The van der Waals surface area contributed by atoms with Gasteiger partial charge in [0, 0.05) is 5.69 Å². The lowest BCUT2D eigenvalue weighted by molar-refractivity contribution is -0.144. The van der Waals surface area contributed by atoms with E-state index >= 15 is 0 Å². The average molecular weight is 266 g/mol. The maximum absolute atomic E-state index is 11.6. The van der Waals surface area contributed by atoms with Crippen LogP contribution in [0, 0.1) is 0 Å². The fourth-order valence-corrected chi connectivity index (χ4v) is 1.36. The monoisotopic (exact) mass is 266 g/mol. The van der Waals surface area contributed by atoms with E-state index in [2.05, 4.69) is 10.6 Å². The van der Waals surface area contributed by atoms with Gasteiger partial charge in [-0.25, -0.2) is 9.59 Å². The highest BCUT2D eigenvalue weighted by molar-refractivity contribution is 5.92. The number of rotatable bonds is 5. The quantitative estimate of drug-likeness (QED) is 0.796. The lowest BCUT2D eigenvalue weighted by Gasteiger charge is -2.13. The molecule has 0 aliphatic rings. The Kier molecular flexibility index (Phi) is 5.66. The molecule has 6 nitrogen and oxygen atoms in total. The van der Waals surface area contributed by atoms with Crippen molar-refractivity contribution in [2.24, 2.45) is 0 Å². The molecule has 1 rings (SSSR count). The number of ether oxygens (including phenoxy) is 2. The van der Waals surface area contributed by atoms with Gasteiger partial charge in [0.2, 0.25) is 0 Å². The molecule has 1 unspecified atom stereocenters. The van der Waals surface area contributed by atoms with Crippen LogP contribution in [-0.2, 0) is 9.53 Å². The summed E-state index contributed by atoms with van der Waals surface area (Å²) in [7, 11) is 1.57. The maximum atomic E-state index is 11.6. The minimum Gasteiger partial charge on any atom is -0.497 e. The highest BCUT2D eigenvalue weighted by Gasteiger charge is 2.16. The first-order chi connectivity index (χ1) is 9.06. The molecule has 19 heavy (non-hydrogen) atoms. The second-order valence-corrected chi connectivity index (χ2v) is 3.80. The van der Waals surface area contributed by atoms with Crippen LogP contribution in [0.1, 0.15) is 13.8 Å². The molecule has 0 bridgehead atoms. The Morgan fingerprint density at radius 3 is 2.42 bits per heavy atom. The molecule has 0 saturated carbocycles. The number of hydrogen-bond acceptors (Lipinski definition) is 4. The summed E-state index contributed by atoms with van der Waals surface area (Å²) in [4.78, 5) is 23.0. The van der Waals surface area contributed by atoms with E-state index in [0.29, 0.717) is 11.4 Å². The van der Waals surface area contributed by atoms with Crippen LogP contribution in [0.25, 0.3) is 0 Å². The lowest BCUT2D eigenvalue weighted by Crippen LogP contribution is -2.41. The van der Waals surface area contributed by atoms with Crippen molar-refractivity contribution in [1.82, 2.24) is 5.32 Å². The second kappa shape index (κ2) is 7.25. The number of carbonyl (C=O) groups excluding carboxylic acids is 2. The minimum absolute atomic E-state index is 0.283. The van der Waals surface area contributed by atoms with Crippen molar-refractivity contribution in [3.05, 3.63) is 24.3 Å². The molecule has 0 aromatic heterocycles. The topological polar surface area (TPSA) is 76.7 Å². The zero-order valence-electron chi connectivity index (χ0n) is 11.2. The summed E-state index contributed by atoms with van der Waals surface area (Å²) in [6, 6.07) is 5.69. The van der Waals surface area contributed by atoms with Gasteiger partial charge in [0.15, 0.2) is 0 Å². The summed E-state index contributed by atoms with van der Waals surface area (Å²) in [6.45, 7) is 3.55. The maximum Gasteiger partial charge on any atom is 0.328 e. The van der Waals surface area contributed by atoms with Crippen LogP contribution in [0.4, 0.5) is 10.5 Å². The van der Waals surface area contributed by atoms with Crippen molar-refractivity contribution >= 4 is 17.7 Å². The zero-order chi connectivity index (χ0) is 14.3. The Morgan fingerprint density at radius 1 is 1.26 bits per heavy atom. The van der Waals surface area contributed by atoms with Crippen molar-refractivity contribution in [2.75, 3.05) is 19.0 Å². The molecule has 0 aliphatic heterocycles. The normalized spacial score (nSPS) is 11.3. The van der Waals surface area contributed by atoms with Gasteiger partial charge < -0.3 is 20.1 Å². The molecule has 1 atom stereocenters. The van der Waals surface area contributed by atoms with Gasteiger partial charge >= 0.3 is 12.0 Å². The molecule has 2 amide bonds. The first kappa shape index (κ1) is 14.8. The van der Waals surface area contributed by atoms with Gasteiger partial charge in [-0.05, 0) is 38.1 Å². The molecule has 0 saturated heterocycles. The van der Waals surface area contributed by atoms with Gasteiger partial charge in [-0.2, -0.15) is 0 Å². The van der Waals surface area contributed by atoms with Gasteiger partial charge in [0.1, 0.15) is 11.8 Å². The molecule has 104 valence electrons. The Balaban J connectivity index is 2.48. The Hall–Kier alpha value is -2.24. The lowest BCUT2D eigenvalue weighted by atomic mass is 10.3. The smallest absolute Gasteiger partial charge is 0.328 e. The van der Waals surface area contributed by atoms with E-state index in [4.69, 9.17) is 9.47 Å². The summed E-state index contributed by atoms with van der Waals surface area (Å²) in [6.07, 6.45) is 0. The van der Waals surface area contributed by atoms with Crippen LogP contribution in [0.3, 0.4) is 0 Å². The molecule has 1 aromatic carbocycles. The SMILES string of the molecule is CCOC(=O)C(C)NC(=O)Nc1ccc(OC)cc1. The van der Waals surface area contributed by atoms with Crippen LogP contribution >= 0.6 is 0 Å². The number of anilines is 1. The molecular formula is C13H18N2O4. The number of carbonyl (C=O) groups is 2. The number of nitrogens with one attached hydrogen (secondary N) is 2. The summed E-state index contributed by atoms with van der Waals surface area (Å²) >= 11 is 0. The first-order valence-corrected chi connectivity index (χ1v) is 5.95. The number of esters is 1. The fourth-order valence-electron chi connectivity index (χ4n) is 1.36. The van der Waals surface area contributed by atoms with Crippen LogP contribution in [0.15, 0.2) is 24.3 Å². The Bertz CT molecular complexity index is 431. The van der Waals surface area contributed by atoms with Gasteiger partial charge in [0.05, 0.1) is 13.7 Å².